The molecule has 0 bridgehead atoms. The van der Waals surface area contributed by atoms with Gasteiger partial charge in [0.15, 0.2) is 0 Å². The van der Waals surface area contributed by atoms with Gasteiger partial charge < -0.3 is 0 Å². The monoisotopic (exact) mass is 272 g/mol. The van der Waals surface area contributed by atoms with Crippen LogP contribution >= 0.6 is 0 Å². The van der Waals surface area contributed by atoms with E-state index in [-0.39, 0.29) is 25.3 Å². The van der Waals surface area contributed by atoms with E-state index in [1.165, 1.54) is 0 Å². The van der Waals surface area contributed by atoms with Crippen molar-refractivity contribution in [3.63, 3.8) is 0 Å². The normalized spacial score (nSPS) is 18.4. The van der Waals surface area contributed by atoms with Gasteiger partial charge in [-0.2, -0.15) is 13.2 Å². The largest absolute Gasteiger partial charge is 0.406 e. The van der Waals surface area contributed by atoms with Gasteiger partial charge in [0.05, 0.1) is 0 Å². The Hall–Kier alpha value is -1.56. The van der Waals surface area contributed by atoms with Crippen molar-refractivity contribution < 1.29 is 18.0 Å². The highest BCUT2D eigenvalue weighted by molar-refractivity contribution is 5.77. The molecule has 0 aliphatic carbocycles. The Bertz CT molecular complexity index is 473. The van der Waals surface area contributed by atoms with Crippen molar-refractivity contribution in [2.45, 2.75) is 32.0 Å². The number of carbonyl (C=O) groups is 1. The fraction of sp³-hybridized carbons (Fsp3) is 0.462. The summed E-state index contributed by atoms with van der Waals surface area (Å²) in [6, 6.07) is 5.30. The second-order valence-corrected chi connectivity index (χ2v) is 4.73. The number of benzene rings is 1. The van der Waals surface area contributed by atoms with Gasteiger partial charge in [0.2, 0.25) is 5.91 Å². The molecule has 1 N–H and O–H groups in total. The van der Waals surface area contributed by atoms with E-state index in [1.807, 2.05) is 13.0 Å². The van der Waals surface area contributed by atoms with E-state index in [0.717, 1.165) is 10.6 Å². The van der Waals surface area contributed by atoms with Crippen LogP contribution in [0.4, 0.5) is 13.2 Å². The topological polar surface area (TPSA) is 32.3 Å². The van der Waals surface area contributed by atoms with Crippen LogP contribution in [-0.2, 0) is 11.2 Å². The first-order valence-electron chi connectivity index (χ1n) is 6.04. The number of nitrogens with zero attached hydrogens (tertiary/aromatic N) is 1. The number of alkyl halides is 3. The third kappa shape index (κ3) is 3.47. The van der Waals surface area contributed by atoms with Crippen LogP contribution in [-0.4, -0.2) is 29.7 Å². The van der Waals surface area contributed by atoms with Crippen molar-refractivity contribution >= 4 is 5.91 Å². The highest BCUT2D eigenvalue weighted by atomic mass is 19.4. The zero-order valence-electron chi connectivity index (χ0n) is 10.5. The zero-order valence-corrected chi connectivity index (χ0v) is 10.5. The second-order valence-electron chi connectivity index (χ2n) is 4.73. The Morgan fingerprint density at radius 2 is 2.16 bits per heavy atom. The van der Waals surface area contributed by atoms with Crippen LogP contribution in [0, 0.1) is 6.92 Å². The highest BCUT2D eigenvalue weighted by Gasteiger charge is 2.45. The maximum absolute atomic E-state index is 13.1. The van der Waals surface area contributed by atoms with Crippen LogP contribution in [0.1, 0.15) is 17.5 Å². The van der Waals surface area contributed by atoms with E-state index < -0.39 is 12.2 Å². The van der Waals surface area contributed by atoms with Crippen molar-refractivity contribution in [3.05, 3.63) is 35.4 Å². The molecule has 1 unspecified atom stereocenters. The van der Waals surface area contributed by atoms with Crippen LogP contribution in [0.2, 0.25) is 0 Å². The van der Waals surface area contributed by atoms with Crippen molar-refractivity contribution in [2.24, 2.45) is 0 Å². The Morgan fingerprint density at radius 3 is 2.68 bits per heavy atom. The Labute approximate surface area is 109 Å². The Balaban J connectivity index is 2.17. The van der Waals surface area contributed by atoms with Gasteiger partial charge in [-0.3, -0.25) is 10.2 Å². The van der Waals surface area contributed by atoms with Crippen LogP contribution in [0.25, 0.3) is 0 Å². The van der Waals surface area contributed by atoms with E-state index >= 15 is 0 Å². The molecule has 1 amide bonds. The molecule has 1 aliphatic heterocycles. The van der Waals surface area contributed by atoms with Crippen molar-refractivity contribution in [3.8, 4) is 0 Å². The van der Waals surface area contributed by atoms with Gasteiger partial charge in [-0.05, 0) is 18.9 Å². The van der Waals surface area contributed by atoms with Crippen molar-refractivity contribution in [2.75, 3.05) is 6.54 Å². The van der Waals surface area contributed by atoms with E-state index in [9.17, 15) is 18.0 Å². The third-order valence-electron chi connectivity index (χ3n) is 3.11. The third-order valence-corrected chi connectivity index (χ3v) is 3.11. The second kappa shape index (κ2) is 5.21. The van der Waals surface area contributed by atoms with Gasteiger partial charge in [-0.1, -0.05) is 29.8 Å². The maximum atomic E-state index is 13.1. The summed E-state index contributed by atoms with van der Waals surface area (Å²) >= 11 is 0. The number of hydrogen-bond donors (Lipinski definition) is 1. The first-order valence-corrected chi connectivity index (χ1v) is 6.04. The summed E-state index contributed by atoms with van der Waals surface area (Å²) in [6.45, 7) is 1.93. The molecule has 1 saturated heterocycles. The van der Waals surface area contributed by atoms with Gasteiger partial charge in [-0.15, -0.1) is 0 Å². The molecule has 6 heteroatoms. The summed E-state index contributed by atoms with van der Waals surface area (Å²) in [4.78, 5) is 11.1. The van der Waals surface area contributed by atoms with E-state index in [2.05, 4.69) is 5.43 Å². The van der Waals surface area contributed by atoms with Gasteiger partial charge in [-0.25, -0.2) is 5.01 Å². The predicted molar refractivity (Wildman–Crippen MR) is 64.2 cm³/mol. The summed E-state index contributed by atoms with van der Waals surface area (Å²) in [7, 11) is 0. The fourth-order valence-electron chi connectivity index (χ4n) is 2.19. The summed E-state index contributed by atoms with van der Waals surface area (Å²) in [5, 5.41) is 0.991. The number of aryl methyl sites for hydroxylation is 1. The molecule has 1 fully saturated rings. The van der Waals surface area contributed by atoms with Crippen LogP contribution in [0.15, 0.2) is 24.3 Å². The van der Waals surface area contributed by atoms with Crippen LogP contribution in [0.3, 0.4) is 0 Å². The quantitative estimate of drug-likeness (QED) is 0.915. The molecular weight excluding hydrogens is 257 g/mol. The minimum absolute atomic E-state index is 0.0921. The number of carbonyl (C=O) groups excluding carboxylic acids is 1. The molecular formula is C13H15F3N2O. The van der Waals surface area contributed by atoms with Crippen molar-refractivity contribution in [1.29, 1.82) is 0 Å². The first-order chi connectivity index (χ1) is 8.86. The smallest absolute Gasteiger partial charge is 0.288 e. The fourth-order valence-corrected chi connectivity index (χ4v) is 2.19. The number of hydrogen-bond acceptors (Lipinski definition) is 2. The highest BCUT2D eigenvalue weighted by Crippen LogP contribution is 2.28. The van der Waals surface area contributed by atoms with E-state index in [1.54, 1.807) is 18.2 Å². The van der Waals surface area contributed by atoms with Gasteiger partial charge in [0, 0.05) is 13.0 Å². The molecule has 0 spiro atoms. The van der Waals surface area contributed by atoms with Gasteiger partial charge >= 0.3 is 6.18 Å². The molecule has 1 heterocycles. The molecule has 1 aromatic carbocycles. The average Bonchev–Trinajstić information content (AvgIpc) is 2.71. The lowest BCUT2D eigenvalue weighted by atomic mass is 10.0. The predicted octanol–water partition coefficient (Wildman–Crippen LogP) is 2.21. The lowest BCUT2D eigenvalue weighted by Gasteiger charge is -2.29. The maximum Gasteiger partial charge on any atom is 0.406 e. The van der Waals surface area contributed by atoms with E-state index in [0.29, 0.717) is 5.56 Å². The molecule has 0 aromatic heterocycles. The molecule has 0 radical (unpaired) electrons. The SMILES string of the molecule is Cc1cccc(CC(N2CCC(=O)N2)C(F)(F)F)c1. The van der Waals surface area contributed by atoms with Crippen LogP contribution < -0.4 is 5.43 Å². The van der Waals surface area contributed by atoms with E-state index in [4.69, 9.17) is 0 Å². The molecule has 0 saturated carbocycles. The summed E-state index contributed by atoms with van der Waals surface area (Å²) in [5.41, 5.74) is 3.80. The number of hydrazine groups is 1. The number of halogens is 3. The molecule has 104 valence electrons. The van der Waals surface area contributed by atoms with Gasteiger partial charge in [0.1, 0.15) is 6.04 Å². The van der Waals surface area contributed by atoms with Gasteiger partial charge in [0.25, 0.3) is 0 Å². The van der Waals surface area contributed by atoms with Crippen molar-refractivity contribution in [1.82, 2.24) is 10.4 Å². The summed E-state index contributed by atoms with van der Waals surface area (Å²) < 4.78 is 39.3. The molecule has 2 rings (SSSR count). The molecule has 1 aliphatic rings. The minimum atomic E-state index is -4.37. The summed E-state index contributed by atoms with van der Waals surface area (Å²) in [5.74, 6) is -0.363. The lowest BCUT2D eigenvalue weighted by Crippen LogP contribution is -2.51. The number of nitrogens with one attached hydrogen (secondary N) is 1. The summed E-state index contributed by atoms with van der Waals surface area (Å²) in [6.07, 6.45) is -4.42. The zero-order chi connectivity index (χ0) is 14.0. The van der Waals surface area contributed by atoms with Crippen LogP contribution in [0.5, 0.6) is 0 Å². The molecule has 1 atom stereocenters. The molecule has 1 aromatic rings. The number of amides is 1. The molecule has 19 heavy (non-hydrogen) atoms. The number of rotatable bonds is 3. The lowest BCUT2D eigenvalue weighted by molar-refractivity contribution is -0.187. The standard InChI is InChI=1S/C13H15F3N2O/c1-9-3-2-4-10(7-9)8-11(13(14,15)16)18-6-5-12(19)17-18/h2-4,7,11H,5-6,8H2,1H3,(H,17,19). The first kappa shape index (κ1) is 13.9. The average molecular weight is 272 g/mol. The Morgan fingerprint density at radius 1 is 1.42 bits per heavy atom. The molecule has 3 nitrogen and oxygen atoms in total. The Kier molecular flexibility index (Phi) is 3.80. The minimum Gasteiger partial charge on any atom is -0.288 e.